The molecule has 4 heterocycles. The third-order valence-corrected chi connectivity index (χ3v) is 4.98. The Balaban J connectivity index is 1.58. The summed E-state index contributed by atoms with van der Waals surface area (Å²) in [7, 11) is 0. The maximum atomic E-state index is 4.82. The van der Waals surface area contributed by atoms with Gasteiger partial charge >= 0.3 is 0 Å². The summed E-state index contributed by atoms with van der Waals surface area (Å²) in [6.45, 7) is 10.0. The average molecular weight is 348 g/mol. The molecular formula is C20H24N6. The third-order valence-electron chi connectivity index (χ3n) is 4.98. The highest BCUT2D eigenvalue weighted by molar-refractivity contribution is 5.62. The van der Waals surface area contributed by atoms with Crippen molar-refractivity contribution < 1.29 is 0 Å². The minimum Gasteiger partial charge on any atom is -0.339 e. The second kappa shape index (κ2) is 6.52. The fourth-order valence-corrected chi connectivity index (χ4v) is 3.75. The summed E-state index contributed by atoms with van der Waals surface area (Å²) in [5, 5.41) is 4.65. The van der Waals surface area contributed by atoms with Crippen molar-refractivity contribution in [3.63, 3.8) is 0 Å². The number of rotatable bonds is 3. The van der Waals surface area contributed by atoms with Gasteiger partial charge in [0.25, 0.3) is 0 Å². The van der Waals surface area contributed by atoms with Crippen LogP contribution in [0.2, 0.25) is 0 Å². The first-order chi connectivity index (χ1) is 12.5. The van der Waals surface area contributed by atoms with Crippen LogP contribution in [0.3, 0.4) is 0 Å². The van der Waals surface area contributed by atoms with Gasteiger partial charge in [-0.25, -0.2) is 9.97 Å². The Labute approximate surface area is 153 Å². The largest absolute Gasteiger partial charge is 0.339 e. The van der Waals surface area contributed by atoms with Crippen LogP contribution < -0.4 is 4.90 Å². The summed E-state index contributed by atoms with van der Waals surface area (Å²) in [4.78, 5) is 16.1. The molecule has 3 aromatic heterocycles. The predicted molar refractivity (Wildman–Crippen MR) is 102 cm³/mol. The average Bonchev–Trinajstić information content (AvgIpc) is 3.21. The maximum absolute atomic E-state index is 4.82. The molecule has 1 aliphatic rings. The van der Waals surface area contributed by atoms with E-state index in [0.29, 0.717) is 6.04 Å². The van der Waals surface area contributed by atoms with E-state index in [1.807, 2.05) is 39.1 Å². The number of nitrogens with zero attached hydrogens (tertiary/aromatic N) is 6. The first kappa shape index (κ1) is 16.7. The van der Waals surface area contributed by atoms with Gasteiger partial charge in [-0.05, 0) is 58.4 Å². The fraction of sp³-hybridized carbons (Fsp3) is 0.400. The van der Waals surface area contributed by atoms with Crippen LogP contribution in [0.4, 0.5) is 5.95 Å². The van der Waals surface area contributed by atoms with Crippen molar-refractivity contribution in [3.05, 3.63) is 53.2 Å². The van der Waals surface area contributed by atoms with E-state index in [0.717, 1.165) is 53.8 Å². The van der Waals surface area contributed by atoms with Gasteiger partial charge in [0.05, 0.1) is 17.4 Å². The quantitative estimate of drug-likeness (QED) is 0.726. The zero-order valence-corrected chi connectivity index (χ0v) is 15.8. The molecule has 26 heavy (non-hydrogen) atoms. The van der Waals surface area contributed by atoms with Crippen molar-refractivity contribution in [1.82, 2.24) is 24.7 Å². The normalized spacial score (nSPS) is 17.1. The van der Waals surface area contributed by atoms with Crippen LogP contribution in [0.15, 0.2) is 30.5 Å². The van der Waals surface area contributed by atoms with Gasteiger partial charge < -0.3 is 4.90 Å². The monoisotopic (exact) mass is 348 g/mol. The zero-order chi connectivity index (χ0) is 18.3. The molecule has 1 fully saturated rings. The lowest BCUT2D eigenvalue weighted by molar-refractivity contribution is 0.480. The van der Waals surface area contributed by atoms with Crippen LogP contribution in [0.25, 0.3) is 11.3 Å². The Bertz CT molecular complexity index is 945. The first-order valence-electron chi connectivity index (χ1n) is 9.06. The molecule has 0 aliphatic carbocycles. The lowest BCUT2D eigenvalue weighted by atomic mass is 10.1. The Morgan fingerprint density at radius 3 is 2.58 bits per heavy atom. The van der Waals surface area contributed by atoms with Crippen molar-refractivity contribution in [2.75, 3.05) is 18.0 Å². The Hall–Kier alpha value is -2.76. The molecular weight excluding hydrogens is 324 g/mol. The van der Waals surface area contributed by atoms with Gasteiger partial charge in [0.15, 0.2) is 0 Å². The molecule has 0 unspecified atom stereocenters. The molecule has 0 saturated carbocycles. The lowest BCUT2D eigenvalue weighted by Gasteiger charge is -2.18. The molecule has 4 rings (SSSR count). The van der Waals surface area contributed by atoms with Crippen LogP contribution in [0.1, 0.15) is 35.2 Å². The Kier molecular flexibility index (Phi) is 4.18. The number of aryl methyl sites for hydroxylation is 4. The van der Waals surface area contributed by atoms with Gasteiger partial charge in [-0.1, -0.05) is 0 Å². The topological polar surface area (TPSA) is 59.7 Å². The second-order valence-corrected chi connectivity index (χ2v) is 7.09. The molecule has 0 aromatic carbocycles. The summed E-state index contributed by atoms with van der Waals surface area (Å²) in [6, 6.07) is 8.58. The van der Waals surface area contributed by atoms with E-state index in [9.17, 15) is 0 Å². The molecule has 6 nitrogen and oxygen atoms in total. The summed E-state index contributed by atoms with van der Waals surface area (Å²) >= 11 is 0. The highest BCUT2D eigenvalue weighted by Crippen LogP contribution is 2.27. The molecule has 1 saturated heterocycles. The fourth-order valence-electron chi connectivity index (χ4n) is 3.75. The van der Waals surface area contributed by atoms with Crippen LogP contribution in [0.5, 0.6) is 0 Å². The van der Waals surface area contributed by atoms with E-state index in [1.54, 1.807) is 0 Å². The van der Waals surface area contributed by atoms with E-state index in [2.05, 4.69) is 43.7 Å². The van der Waals surface area contributed by atoms with Gasteiger partial charge in [-0.2, -0.15) is 5.10 Å². The molecule has 0 radical (unpaired) electrons. The van der Waals surface area contributed by atoms with Crippen LogP contribution >= 0.6 is 0 Å². The van der Waals surface area contributed by atoms with E-state index < -0.39 is 0 Å². The predicted octanol–water partition coefficient (Wildman–Crippen LogP) is 3.42. The van der Waals surface area contributed by atoms with E-state index in [1.165, 1.54) is 5.69 Å². The molecule has 0 spiro atoms. The molecule has 0 amide bonds. The number of pyridine rings is 1. The smallest absolute Gasteiger partial charge is 0.225 e. The van der Waals surface area contributed by atoms with Crippen LogP contribution in [-0.2, 0) is 0 Å². The minimum absolute atomic E-state index is 0.374. The van der Waals surface area contributed by atoms with Crippen molar-refractivity contribution >= 4 is 5.95 Å². The van der Waals surface area contributed by atoms with Gasteiger partial charge in [0, 0.05) is 41.9 Å². The third kappa shape index (κ3) is 3.07. The highest BCUT2D eigenvalue weighted by atomic mass is 15.4. The van der Waals surface area contributed by atoms with Gasteiger partial charge in [-0.15, -0.1) is 0 Å². The van der Waals surface area contributed by atoms with Crippen molar-refractivity contribution in [2.45, 2.75) is 40.2 Å². The molecule has 1 atom stereocenters. The number of hydrogen-bond donors (Lipinski definition) is 0. The first-order valence-corrected chi connectivity index (χ1v) is 9.06. The summed E-state index contributed by atoms with van der Waals surface area (Å²) in [6.07, 6.45) is 2.90. The van der Waals surface area contributed by atoms with E-state index in [-0.39, 0.29) is 0 Å². The summed E-state index contributed by atoms with van der Waals surface area (Å²) in [5.74, 6) is 0.784. The van der Waals surface area contributed by atoms with Crippen molar-refractivity contribution in [3.8, 4) is 11.3 Å². The van der Waals surface area contributed by atoms with Gasteiger partial charge in [0.2, 0.25) is 5.95 Å². The SMILES string of the molecule is Cc1ccc(-c2ccnc(N3CC[C@H](n4nc(C)cc4C)C3)n2)c(C)n1. The maximum Gasteiger partial charge on any atom is 0.225 e. The lowest BCUT2D eigenvalue weighted by Crippen LogP contribution is -2.23. The van der Waals surface area contributed by atoms with Gasteiger partial charge in [0.1, 0.15) is 0 Å². The standard InChI is InChI=1S/C20H24N6/c1-13-5-6-18(16(4)22-13)19-7-9-21-20(23-19)25-10-8-17(12-25)26-15(3)11-14(2)24-26/h5-7,9,11,17H,8,10,12H2,1-4H3/t17-/m0/s1. The van der Waals surface area contributed by atoms with Gasteiger partial charge in [-0.3, -0.25) is 9.67 Å². The number of hydrogen-bond acceptors (Lipinski definition) is 5. The molecule has 134 valence electrons. The molecule has 0 N–H and O–H groups in total. The second-order valence-electron chi connectivity index (χ2n) is 7.09. The minimum atomic E-state index is 0.374. The molecule has 6 heteroatoms. The van der Waals surface area contributed by atoms with Crippen LogP contribution in [-0.4, -0.2) is 37.8 Å². The highest BCUT2D eigenvalue weighted by Gasteiger charge is 2.27. The van der Waals surface area contributed by atoms with Crippen LogP contribution in [0, 0.1) is 27.7 Å². The van der Waals surface area contributed by atoms with Crippen molar-refractivity contribution in [2.24, 2.45) is 0 Å². The molecule has 1 aliphatic heterocycles. The Morgan fingerprint density at radius 1 is 1.00 bits per heavy atom. The number of anilines is 1. The molecule has 0 bridgehead atoms. The molecule has 3 aromatic rings. The van der Waals surface area contributed by atoms with Crippen molar-refractivity contribution in [1.29, 1.82) is 0 Å². The van der Waals surface area contributed by atoms with E-state index >= 15 is 0 Å². The number of aromatic nitrogens is 5. The summed E-state index contributed by atoms with van der Waals surface area (Å²) < 4.78 is 2.15. The Morgan fingerprint density at radius 2 is 1.85 bits per heavy atom. The van der Waals surface area contributed by atoms with E-state index in [4.69, 9.17) is 4.98 Å². The summed E-state index contributed by atoms with van der Waals surface area (Å²) in [5.41, 5.74) is 6.29. The zero-order valence-electron chi connectivity index (χ0n) is 15.8.